The fourth-order valence-corrected chi connectivity index (χ4v) is 3.00. The Kier molecular flexibility index (Phi) is 5.50. The second kappa shape index (κ2) is 7.98. The van der Waals surface area contributed by atoms with Crippen LogP contribution < -0.4 is 10.1 Å². The first-order valence-electron chi connectivity index (χ1n) is 8.37. The minimum absolute atomic E-state index is 0.0312. The number of rotatable bonds is 7. The number of ether oxygens (including phenoxy) is 2. The summed E-state index contributed by atoms with van der Waals surface area (Å²) in [7, 11) is 0. The number of carbonyl (C=O) groups is 2. The van der Waals surface area contributed by atoms with E-state index < -0.39 is 12.6 Å². The Labute approximate surface area is 145 Å². The van der Waals surface area contributed by atoms with Gasteiger partial charge in [0.05, 0.1) is 0 Å². The monoisotopic (exact) mass is 343 g/mol. The third kappa shape index (κ3) is 4.48. The van der Waals surface area contributed by atoms with Crippen molar-refractivity contribution in [1.82, 2.24) is 0 Å². The summed E-state index contributed by atoms with van der Waals surface area (Å²) in [6.07, 6.45) is 2.30. The van der Waals surface area contributed by atoms with Gasteiger partial charge >= 0.3 is 5.97 Å². The summed E-state index contributed by atoms with van der Waals surface area (Å²) in [5.41, 5.74) is 0.700. The molecule has 6 nitrogen and oxygen atoms in total. The molecule has 2 aromatic carbocycles. The largest absolute Gasteiger partial charge is 0.481 e. The van der Waals surface area contributed by atoms with Gasteiger partial charge in [-0.15, -0.1) is 0 Å². The van der Waals surface area contributed by atoms with Crippen LogP contribution in [0.15, 0.2) is 36.4 Å². The molecule has 1 saturated heterocycles. The molecule has 0 saturated carbocycles. The lowest BCUT2D eigenvalue weighted by Crippen LogP contribution is -2.14. The van der Waals surface area contributed by atoms with Crippen molar-refractivity contribution in [2.75, 3.05) is 25.1 Å². The van der Waals surface area contributed by atoms with Crippen LogP contribution >= 0.6 is 0 Å². The van der Waals surface area contributed by atoms with Gasteiger partial charge in [-0.25, -0.2) is 4.79 Å². The molecule has 0 spiro atoms. The number of carboxylic acid groups (broad SMARTS) is 1. The van der Waals surface area contributed by atoms with E-state index in [-0.39, 0.29) is 5.91 Å². The highest BCUT2D eigenvalue weighted by Gasteiger charge is 2.17. The van der Waals surface area contributed by atoms with Gasteiger partial charge in [-0.3, -0.25) is 4.79 Å². The maximum absolute atomic E-state index is 12.3. The Bertz CT molecular complexity index is 767. The first kappa shape index (κ1) is 17.2. The molecule has 1 unspecified atom stereocenters. The molecular weight excluding hydrogens is 322 g/mol. The lowest BCUT2D eigenvalue weighted by Gasteiger charge is -2.13. The molecule has 0 aliphatic carbocycles. The summed E-state index contributed by atoms with van der Waals surface area (Å²) in [5, 5.41) is 13.3. The minimum Gasteiger partial charge on any atom is -0.481 e. The summed E-state index contributed by atoms with van der Waals surface area (Å²) in [6.45, 7) is 1.12. The van der Waals surface area contributed by atoms with Crippen LogP contribution in [0.5, 0.6) is 5.75 Å². The van der Waals surface area contributed by atoms with Crippen molar-refractivity contribution >= 4 is 28.3 Å². The van der Waals surface area contributed by atoms with Crippen LogP contribution in [0.2, 0.25) is 0 Å². The summed E-state index contributed by atoms with van der Waals surface area (Å²) in [4.78, 5) is 23.0. The van der Waals surface area contributed by atoms with E-state index in [9.17, 15) is 9.59 Å². The number of aliphatic carboxylic acids is 1. The van der Waals surface area contributed by atoms with Crippen molar-refractivity contribution in [2.24, 2.45) is 5.92 Å². The Morgan fingerprint density at radius 2 is 2.00 bits per heavy atom. The van der Waals surface area contributed by atoms with E-state index in [0.29, 0.717) is 23.8 Å². The average Bonchev–Trinajstić information content (AvgIpc) is 3.13. The number of anilines is 1. The molecule has 2 N–H and O–H groups in total. The van der Waals surface area contributed by atoms with E-state index in [1.165, 1.54) is 0 Å². The molecule has 1 fully saturated rings. The lowest BCUT2D eigenvalue weighted by molar-refractivity contribution is -0.139. The van der Waals surface area contributed by atoms with Gasteiger partial charge in [0.1, 0.15) is 5.75 Å². The molecule has 1 aliphatic rings. The van der Waals surface area contributed by atoms with Crippen molar-refractivity contribution in [2.45, 2.75) is 19.3 Å². The van der Waals surface area contributed by atoms with Crippen molar-refractivity contribution in [3.05, 3.63) is 36.4 Å². The van der Waals surface area contributed by atoms with Gasteiger partial charge in [0, 0.05) is 36.1 Å². The molecular formula is C19H21NO5. The fraction of sp³-hybridized carbons (Fsp3) is 0.368. The molecule has 0 bridgehead atoms. The van der Waals surface area contributed by atoms with Gasteiger partial charge < -0.3 is 19.9 Å². The van der Waals surface area contributed by atoms with E-state index in [4.69, 9.17) is 14.6 Å². The zero-order valence-electron chi connectivity index (χ0n) is 13.9. The van der Waals surface area contributed by atoms with E-state index in [1.807, 2.05) is 24.3 Å². The van der Waals surface area contributed by atoms with Crippen LogP contribution in [0.1, 0.15) is 19.3 Å². The fourth-order valence-electron chi connectivity index (χ4n) is 3.00. The van der Waals surface area contributed by atoms with Crippen LogP contribution in [-0.2, 0) is 14.3 Å². The molecule has 6 heteroatoms. The van der Waals surface area contributed by atoms with Gasteiger partial charge in [-0.1, -0.05) is 24.3 Å². The van der Waals surface area contributed by atoms with Crippen molar-refractivity contribution < 1.29 is 24.2 Å². The van der Waals surface area contributed by atoms with Crippen LogP contribution in [0, 0.1) is 5.92 Å². The Balaban J connectivity index is 1.71. The molecule has 1 heterocycles. The number of amides is 1. The zero-order chi connectivity index (χ0) is 17.6. The summed E-state index contributed by atoms with van der Waals surface area (Å²) >= 11 is 0. The maximum atomic E-state index is 12.3. The summed E-state index contributed by atoms with van der Waals surface area (Å²) in [6, 6.07) is 10.9. The topological polar surface area (TPSA) is 84.9 Å². The predicted octanol–water partition coefficient (Wildman–Crippen LogP) is 3.06. The Morgan fingerprint density at radius 3 is 2.72 bits per heavy atom. The number of fused-ring (bicyclic) bond motifs is 1. The first-order valence-corrected chi connectivity index (χ1v) is 8.37. The highest BCUT2D eigenvalue weighted by molar-refractivity contribution is 6.04. The van der Waals surface area contributed by atoms with E-state index >= 15 is 0 Å². The van der Waals surface area contributed by atoms with Gasteiger partial charge in [0.15, 0.2) is 6.61 Å². The number of benzene rings is 2. The highest BCUT2D eigenvalue weighted by Crippen LogP contribution is 2.32. The standard InChI is InChI=1S/C19H21NO5/c21-18(8-5-13-9-10-24-11-13)20-16-6-7-17(25-12-19(22)23)15-4-2-1-3-14(15)16/h1-4,6-7,13H,5,8-12H2,(H,20,21)(H,22,23). The van der Waals surface area contributed by atoms with Crippen LogP contribution in [0.4, 0.5) is 5.69 Å². The Morgan fingerprint density at radius 1 is 1.20 bits per heavy atom. The van der Waals surface area contributed by atoms with Crippen molar-refractivity contribution in [1.29, 1.82) is 0 Å². The summed E-state index contributed by atoms with van der Waals surface area (Å²) in [5.74, 6) is -0.109. The maximum Gasteiger partial charge on any atom is 0.341 e. The van der Waals surface area contributed by atoms with Crippen LogP contribution in [0.3, 0.4) is 0 Å². The van der Waals surface area contributed by atoms with Crippen LogP contribution in [-0.4, -0.2) is 36.8 Å². The van der Waals surface area contributed by atoms with Crippen molar-refractivity contribution in [3.63, 3.8) is 0 Å². The van der Waals surface area contributed by atoms with E-state index in [2.05, 4.69) is 5.32 Å². The zero-order valence-corrected chi connectivity index (χ0v) is 13.9. The second-order valence-corrected chi connectivity index (χ2v) is 6.16. The molecule has 2 aromatic rings. The SMILES string of the molecule is O=C(O)COc1ccc(NC(=O)CCC2CCOC2)c2ccccc12. The minimum atomic E-state index is -1.03. The van der Waals surface area contributed by atoms with E-state index in [1.54, 1.807) is 12.1 Å². The lowest BCUT2D eigenvalue weighted by atomic mass is 10.0. The third-order valence-electron chi connectivity index (χ3n) is 4.31. The molecule has 0 aromatic heterocycles. The van der Waals surface area contributed by atoms with E-state index in [0.717, 1.165) is 36.8 Å². The third-order valence-corrected chi connectivity index (χ3v) is 4.31. The number of hydrogen-bond acceptors (Lipinski definition) is 4. The predicted molar refractivity (Wildman–Crippen MR) is 93.9 cm³/mol. The highest BCUT2D eigenvalue weighted by atomic mass is 16.5. The van der Waals surface area contributed by atoms with Gasteiger partial charge in [0.25, 0.3) is 0 Å². The van der Waals surface area contributed by atoms with Gasteiger partial charge in [-0.05, 0) is 30.9 Å². The summed E-state index contributed by atoms with van der Waals surface area (Å²) < 4.78 is 10.7. The number of nitrogens with one attached hydrogen (secondary N) is 1. The van der Waals surface area contributed by atoms with Gasteiger partial charge in [-0.2, -0.15) is 0 Å². The quantitative estimate of drug-likeness (QED) is 0.807. The first-order chi connectivity index (χ1) is 12.1. The molecule has 1 atom stereocenters. The molecule has 25 heavy (non-hydrogen) atoms. The smallest absolute Gasteiger partial charge is 0.341 e. The molecule has 3 rings (SSSR count). The molecule has 0 radical (unpaired) electrons. The Hall–Kier alpha value is -2.60. The molecule has 132 valence electrons. The average molecular weight is 343 g/mol. The van der Waals surface area contributed by atoms with Gasteiger partial charge in [0.2, 0.25) is 5.91 Å². The number of carbonyl (C=O) groups excluding carboxylic acids is 1. The second-order valence-electron chi connectivity index (χ2n) is 6.16. The normalized spacial score (nSPS) is 16.7. The van der Waals surface area contributed by atoms with Crippen LogP contribution in [0.25, 0.3) is 10.8 Å². The molecule has 1 amide bonds. The number of hydrogen-bond donors (Lipinski definition) is 2. The number of carboxylic acids is 1. The van der Waals surface area contributed by atoms with Crippen molar-refractivity contribution in [3.8, 4) is 5.75 Å². The molecule has 1 aliphatic heterocycles.